The molecule has 1 aliphatic rings. The van der Waals surface area contributed by atoms with Crippen molar-refractivity contribution in [1.29, 1.82) is 0 Å². The first-order valence-electron chi connectivity index (χ1n) is 7.09. The first-order chi connectivity index (χ1) is 9.70. The number of aryl methyl sites for hydroxylation is 2. The fourth-order valence-corrected chi connectivity index (χ4v) is 4.15. The van der Waals surface area contributed by atoms with Crippen molar-refractivity contribution in [2.24, 2.45) is 0 Å². The number of ether oxygens (including phenoxy) is 1. The quantitative estimate of drug-likeness (QED) is 0.916. The van der Waals surface area contributed by atoms with Gasteiger partial charge in [0, 0.05) is 16.4 Å². The van der Waals surface area contributed by atoms with Crippen molar-refractivity contribution in [3.05, 3.63) is 51.2 Å². The van der Waals surface area contributed by atoms with E-state index in [4.69, 9.17) is 4.74 Å². The summed E-state index contributed by atoms with van der Waals surface area (Å²) < 4.78 is 5.42. The van der Waals surface area contributed by atoms with Gasteiger partial charge < -0.3 is 9.84 Å². The fourth-order valence-electron chi connectivity index (χ4n) is 3.15. The molecule has 1 heterocycles. The van der Waals surface area contributed by atoms with Crippen LogP contribution in [0.3, 0.4) is 0 Å². The SMILES string of the molecule is COc1ccc(C)cc1C(O)C1CCCc2sccc21. The lowest BCUT2D eigenvalue weighted by Crippen LogP contribution is -2.16. The number of rotatable bonds is 3. The van der Waals surface area contributed by atoms with Crippen LogP contribution in [-0.4, -0.2) is 12.2 Å². The van der Waals surface area contributed by atoms with Crippen molar-refractivity contribution in [1.82, 2.24) is 0 Å². The minimum Gasteiger partial charge on any atom is -0.496 e. The molecule has 0 radical (unpaired) electrons. The first-order valence-corrected chi connectivity index (χ1v) is 7.97. The second-order valence-corrected chi connectivity index (χ2v) is 6.49. The zero-order chi connectivity index (χ0) is 14.1. The molecule has 0 saturated heterocycles. The third kappa shape index (κ3) is 2.36. The lowest BCUT2D eigenvalue weighted by Gasteiger charge is -2.28. The minimum absolute atomic E-state index is 0.195. The molecule has 2 nitrogen and oxygen atoms in total. The number of hydrogen-bond acceptors (Lipinski definition) is 3. The predicted molar refractivity (Wildman–Crippen MR) is 82.7 cm³/mol. The smallest absolute Gasteiger partial charge is 0.124 e. The first kappa shape index (κ1) is 13.7. The number of aliphatic hydroxyl groups is 1. The Morgan fingerprint density at radius 3 is 3.00 bits per heavy atom. The summed E-state index contributed by atoms with van der Waals surface area (Å²) in [6.07, 6.45) is 2.87. The van der Waals surface area contributed by atoms with E-state index in [0.717, 1.165) is 36.1 Å². The summed E-state index contributed by atoms with van der Waals surface area (Å²) in [7, 11) is 1.66. The Hall–Kier alpha value is -1.32. The zero-order valence-electron chi connectivity index (χ0n) is 11.9. The Morgan fingerprint density at radius 1 is 1.35 bits per heavy atom. The van der Waals surface area contributed by atoms with E-state index in [0.29, 0.717) is 0 Å². The Kier molecular flexibility index (Phi) is 3.81. The van der Waals surface area contributed by atoms with Gasteiger partial charge in [0.05, 0.1) is 13.2 Å². The molecule has 20 heavy (non-hydrogen) atoms. The average Bonchev–Trinajstić information content (AvgIpc) is 2.94. The standard InChI is InChI=1S/C17H20O2S/c1-11-6-7-15(19-2)14(10-11)17(18)13-4-3-5-16-12(13)8-9-20-16/h6-10,13,17-18H,3-5H2,1-2H3. The molecule has 0 spiro atoms. The predicted octanol–water partition coefficient (Wildman–Crippen LogP) is 4.22. The molecule has 0 saturated carbocycles. The van der Waals surface area contributed by atoms with Gasteiger partial charge in [0.25, 0.3) is 0 Å². The van der Waals surface area contributed by atoms with Gasteiger partial charge in [0.2, 0.25) is 0 Å². The molecule has 2 unspecified atom stereocenters. The van der Waals surface area contributed by atoms with Gasteiger partial charge in [-0.1, -0.05) is 11.6 Å². The molecule has 3 heteroatoms. The maximum Gasteiger partial charge on any atom is 0.124 e. The van der Waals surface area contributed by atoms with Crippen LogP contribution in [0.5, 0.6) is 5.75 Å². The molecule has 0 aliphatic heterocycles. The van der Waals surface area contributed by atoms with Gasteiger partial charge in [0.15, 0.2) is 0 Å². The summed E-state index contributed by atoms with van der Waals surface area (Å²) in [4.78, 5) is 1.44. The van der Waals surface area contributed by atoms with E-state index in [1.165, 1.54) is 10.4 Å². The van der Waals surface area contributed by atoms with E-state index >= 15 is 0 Å². The fraction of sp³-hybridized carbons (Fsp3) is 0.412. The van der Waals surface area contributed by atoms with Gasteiger partial charge >= 0.3 is 0 Å². The van der Waals surface area contributed by atoms with Crippen LogP contribution in [0, 0.1) is 6.92 Å². The van der Waals surface area contributed by atoms with Gasteiger partial charge in [-0.25, -0.2) is 0 Å². The van der Waals surface area contributed by atoms with E-state index in [-0.39, 0.29) is 5.92 Å². The second kappa shape index (κ2) is 5.58. The van der Waals surface area contributed by atoms with E-state index in [9.17, 15) is 5.11 Å². The third-order valence-corrected chi connectivity index (χ3v) is 5.18. The van der Waals surface area contributed by atoms with Crippen molar-refractivity contribution in [2.75, 3.05) is 7.11 Å². The second-order valence-electron chi connectivity index (χ2n) is 5.49. The van der Waals surface area contributed by atoms with Crippen LogP contribution in [-0.2, 0) is 6.42 Å². The highest BCUT2D eigenvalue weighted by Gasteiger charge is 2.30. The summed E-state index contributed by atoms with van der Waals surface area (Å²) in [6, 6.07) is 8.19. The summed E-state index contributed by atoms with van der Waals surface area (Å²) in [5, 5.41) is 13.0. The summed E-state index contributed by atoms with van der Waals surface area (Å²) in [6.45, 7) is 2.05. The zero-order valence-corrected chi connectivity index (χ0v) is 12.7. The number of hydrogen-bond donors (Lipinski definition) is 1. The Bertz CT molecular complexity index is 603. The molecule has 1 aromatic carbocycles. The summed E-state index contributed by atoms with van der Waals surface area (Å²) >= 11 is 1.81. The molecular formula is C17H20O2S. The molecule has 0 amide bonds. The van der Waals surface area contributed by atoms with E-state index in [2.05, 4.69) is 11.4 Å². The Balaban J connectivity index is 1.98. The van der Waals surface area contributed by atoms with Crippen molar-refractivity contribution in [3.63, 3.8) is 0 Å². The van der Waals surface area contributed by atoms with E-state index < -0.39 is 6.10 Å². The average molecular weight is 288 g/mol. The highest BCUT2D eigenvalue weighted by molar-refractivity contribution is 7.10. The van der Waals surface area contributed by atoms with Crippen LogP contribution < -0.4 is 4.74 Å². The highest BCUT2D eigenvalue weighted by Crippen LogP contribution is 2.44. The van der Waals surface area contributed by atoms with Crippen LogP contribution in [0.1, 0.15) is 46.4 Å². The number of fused-ring (bicyclic) bond motifs is 1. The summed E-state index contributed by atoms with van der Waals surface area (Å²) in [5.41, 5.74) is 3.40. The largest absolute Gasteiger partial charge is 0.496 e. The number of aliphatic hydroxyl groups excluding tert-OH is 1. The van der Waals surface area contributed by atoms with Gasteiger partial charge in [-0.3, -0.25) is 0 Å². The lowest BCUT2D eigenvalue weighted by molar-refractivity contribution is 0.133. The Labute approximate surface area is 124 Å². The van der Waals surface area contributed by atoms with Crippen LogP contribution in [0.4, 0.5) is 0 Å². The monoisotopic (exact) mass is 288 g/mol. The normalized spacial score (nSPS) is 19.4. The van der Waals surface area contributed by atoms with E-state index in [1.807, 2.05) is 36.5 Å². The summed E-state index contributed by atoms with van der Waals surface area (Å²) in [5.74, 6) is 0.978. The molecule has 3 rings (SSSR count). The van der Waals surface area contributed by atoms with Gasteiger partial charge in [0.1, 0.15) is 5.75 Å². The molecule has 2 atom stereocenters. The third-order valence-electron chi connectivity index (χ3n) is 4.18. The van der Waals surface area contributed by atoms with Crippen molar-refractivity contribution < 1.29 is 9.84 Å². The molecule has 1 N–H and O–H groups in total. The number of thiophene rings is 1. The lowest BCUT2D eigenvalue weighted by atomic mass is 9.81. The van der Waals surface area contributed by atoms with Crippen LogP contribution in [0.2, 0.25) is 0 Å². The molecule has 0 fully saturated rings. The van der Waals surface area contributed by atoms with Gasteiger partial charge in [-0.2, -0.15) is 0 Å². The molecule has 1 aliphatic carbocycles. The van der Waals surface area contributed by atoms with Crippen molar-refractivity contribution in [2.45, 2.75) is 38.2 Å². The highest BCUT2D eigenvalue weighted by atomic mass is 32.1. The maximum atomic E-state index is 10.9. The van der Waals surface area contributed by atoms with Crippen molar-refractivity contribution in [3.8, 4) is 5.75 Å². The molecule has 2 aromatic rings. The number of methoxy groups -OCH3 is 1. The van der Waals surface area contributed by atoms with Crippen LogP contribution >= 0.6 is 11.3 Å². The van der Waals surface area contributed by atoms with Crippen LogP contribution in [0.15, 0.2) is 29.6 Å². The Morgan fingerprint density at radius 2 is 2.20 bits per heavy atom. The topological polar surface area (TPSA) is 29.5 Å². The van der Waals surface area contributed by atoms with E-state index in [1.54, 1.807) is 7.11 Å². The number of benzene rings is 1. The van der Waals surface area contributed by atoms with Crippen LogP contribution in [0.25, 0.3) is 0 Å². The minimum atomic E-state index is -0.488. The molecule has 106 valence electrons. The van der Waals surface area contributed by atoms with Gasteiger partial charge in [-0.15, -0.1) is 11.3 Å². The molecular weight excluding hydrogens is 268 g/mol. The maximum absolute atomic E-state index is 10.9. The van der Waals surface area contributed by atoms with Crippen molar-refractivity contribution >= 4 is 11.3 Å². The molecule has 0 bridgehead atoms. The van der Waals surface area contributed by atoms with Gasteiger partial charge in [-0.05, 0) is 55.3 Å². The molecule has 1 aromatic heterocycles.